The summed E-state index contributed by atoms with van der Waals surface area (Å²) in [6.07, 6.45) is 1.64. The maximum Gasteiger partial charge on any atom is 0.347 e. The molecule has 11 nitrogen and oxygen atoms in total. The molecule has 0 bridgehead atoms. The highest BCUT2D eigenvalue weighted by Crippen LogP contribution is 2.79. The third kappa shape index (κ3) is 3.50. The van der Waals surface area contributed by atoms with E-state index in [2.05, 4.69) is 6.92 Å². The van der Waals surface area contributed by atoms with E-state index >= 15 is 0 Å². The summed E-state index contributed by atoms with van der Waals surface area (Å²) in [5.41, 5.74) is -4.44. The Bertz CT molecular complexity index is 1320. The van der Waals surface area contributed by atoms with Gasteiger partial charge < -0.3 is 33.2 Å². The molecule has 1 spiro atoms. The standard InChI is InChI=1S/C31H40O11/c1-15(32)39-14-27(3)20(34)11-21-29(5,25(27)23(26(35)37-7)40-16(2)33)24-19(41-21)12-28(4)18(17-8-9-38-13-17)10-22-31(28,42-22)30(24,6)36/h8-9,13,18-19,21-25,36H,10-12,14H2,1-7H3/t18-,19+,21-,22+,23+,24+,25-,27-,28-,29+,30+,31+/m0/s1. The maximum atomic E-state index is 14.0. The third-order valence-electron chi connectivity index (χ3n) is 11.8. The zero-order chi connectivity index (χ0) is 30.6. The zero-order valence-electron chi connectivity index (χ0n) is 25.1. The molecular formula is C31H40O11. The number of epoxide rings is 1. The third-order valence-corrected chi connectivity index (χ3v) is 11.8. The fraction of sp³-hybridized carbons (Fsp3) is 0.742. The van der Waals surface area contributed by atoms with Gasteiger partial charge in [-0.05, 0) is 44.2 Å². The van der Waals surface area contributed by atoms with Crippen molar-refractivity contribution in [3.63, 3.8) is 0 Å². The van der Waals surface area contributed by atoms with Crippen LogP contribution in [-0.4, -0.2) is 78.1 Å². The van der Waals surface area contributed by atoms with Crippen molar-refractivity contribution in [2.75, 3.05) is 13.7 Å². The van der Waals surface area contributed by atoms with Gasteiger partial charge in [-0.1, -0.05) is 13.8 Å². The highest BCUT2D eigenvalue weighted by Gasteiger charge is 2.88. The van der Waals surface area contributed by atoms with Crippen LogP contribution in [0.2, 0.25) is 0 Å². The predicted octanol–water partition coefficient (Wildman–Crippen LogP) is 2.72. The number of methoxy groups -OCH3 is 1. The first-order valence-corrected chi connectivity index (χ1v) is 14.6. The molecule has 2 aliphatic heterocycles. The maximum absolute atomic E-state index is 14.0. The number of ketones is 1. The number of rotatable bonds is 6. The molecule has 11 heteroatoms. The topological polar surface area (TPSA) is 151 Å². The second-order valence-electron chi connectivity index (χ2n) is 13.8. The zero-order valence-corrected chi connectivity index (χ0v) is 25.1. The van der Waals surface area contributed by atoms with Gasteiger partial charge >= 0.3 is 17.9 Å². The Hall–Kier alpha value is -2.76. The van der Waals surface area contributed by atoms with E-state index in [1.807, 2.05) is 13.0 Å². The van der Waals surface area contributed by atoms with E-state index in [0.717, 1.165) is 5.56 Å². The summed E-state index contributed by atoms with van der Waals surface area (Å²) in [6.45, 7) is 9.48. The summed E-state index contributed by atoms with van der Waals surface area (Å²) >= 11 is 0. The van der Waals surface area contributed by atoms with Gasteiger partial charge in [-0.25, -0.2) is 4.79 Å². The van der Waals surface area contributed by atoms with Crippen molar-refractivity contribution in [1.29, 1.82) is 0 Å². The highest BCUT2D eigenvalue weighted by molar-refractivity contribution is 5.89. The van der Waals surface area contributed by atoms with Crippen LogP contribution in [-0.2, 0) is 42.9 Å². The quantitative estimate of drug-likeness (QED) is 0.297. The minimum absolute atomic E-state index is 0.0268. The molecule has 1 aromatic heterocycles. The lowest BCUT2D eigenvalue weighted by Crippen LogP contribution is -2.71. The van der Waals surface area contributed by atoms with E-state index in [4.69, 9.17) is 28.1 Å². The summed E-state index contributed by atoms with van der Waals surface area (Å²) < 4.78 is 34.8. The highest BCUT2D eigenvalue weighted by atomic mass is 16.6. The molecule has 3 saturated carbocycles. The Balaban J connectivity index is 1.51. The van der Waals surface area contributed by atoms with Gasteiger partial charge in [0, 0.05) is 42.9 Å². The van der Waals surface area contributed by atoms with Gasteiger partial charge in [0.25, 0.3) is 0 Å². The number of Topliss-reactive ketones (excluding diaryl/α,β-unsaturated/α-hetero) is 1. The average molecular weight is 589 g/mol. The Kier molecular flexibility index (Phi) is 6.37. The van der Waals surface area contributed by atoms with Crippen molar-refractivity contribution >= 4 is 23.7 Å². The van der Waals surface area contributed by atoms with Gasteiger partial charge in [0.15, 0.2) is 0 Å². The van der Waals surface area contributed by atoms with Gasteiger partial charge in [0.1, 0.15) is 18.0 Å². The van der Waals surface area contributed by atoms with Gasteiger partial charge in [-0.3, -0.25) is 14.4 Å². The smallest absolute Gasteiger partial charge is 0.347 e. The fourth-order valence-corrected chi connectivity index (χ4v) is 10.3. The summed E-state index contributed by atoms with van der Waals surface area (Å²) in [7, 11) is 1.18. The molecule has 0 radical (unpaired) electrons. The van der Waals surface area contributed by atoms with Crippen LogP contribution >= 0.6 is 0 Å². The van der Waals surface area contributed by atoms with Crippen molar-refractivity contribution in [1.82, 2.24) is 0 Å². The summed E-state index contributed by atoms with van der Waals surface area (Å²) in [6, 6.07) is 1.95. The Morgan fingerprint density at radius 1 is 1.12 bits per heavy atom. The minimum Gasteiger partial charge on any atom is -0.472 e. The van der Waals surface area contributed by atoms with Crippen LogP contribution in [0.5, 0.6) is 0 Å². The molecule has 0 unspecified atom stereocenters. The van der Waals surface area contributed by atoms with Gasteiger partial charge in [-0.2, -0.15) is 0 Å². The first-order chi connectivity index (χ1) is 19.6. The molecule has 0 amide bonds. The van der Waals surface area contributed by atoms with Crippen LogP contribution in [0.4, 0.5) is 0 Å². The largest absolute Gasteiger partial charge is 0.472 e. The van der Waals surface area contributed by atoms with E-state index in [-0.39, 0.29) is 30.8 Å². The molecule has 6 rings (SSSR count). The molecular weight excluding hydrogens is 548 g/mol. The SMILES string of the molecule is COC(=O)[C@H](OC(C)=O)[C@@H]1[C@]2(C)[C@H](CC(=O)[C@]1(C)COC(C)=O)O[C@@H]1C[C@@]3(C)[C@H](c4ccoc4)C[C@H]4O[C@]43[C@](C)(O)[C@H]12. The first-order valence-electron chi connectivity index (χ1n) is 14.6. The molecule has 230 valence electrons. The molecule has 1 N–H and O–H groups in total. The van der Waals surface area contributed by atoms with Crippen molar-refractivity contribution < 1.29 is 52.4 Å². The average Bonchev–Trinajstić information content (AvgIpc) is 3.15. The normalized spacial score (nSPS) is 47.4. The molecule has 12 atom stereocenters. The Morgan fingerprint density at radius 2 is 1.83 bits per heavy atom. The molecule has 5 fully saturated rings. The van der Waals surface area contributed by atoms with Crippen molar-refractivity contribution in [3.8, 4) is 0 Å². The molecule has 1 aromatic rings. The summed E-state index contributed by atoms with van der Waals surface area (Å²) in [5, 5.41) is 12.8. The number of ether oxygens (including phenoxy) is 5. The van der Waals surface area contributed by atoms with E-state index in [0.29, 0.717) is 12.8 Å². The first kappa shape index (κ1) is 29.3. The van der Waals surface area contributed by atoms with Crippen molar-refractivity contribution in [2.24, 2.45) is 28.1 Å². The fourth-order valence-electron chi connectivity index (χ4n) is 10.3. The number of hydrogen-bond acceptors (Lipinski definition) is 11. The van der Waals surface area contributed by atoms with Crippen LogP contribution < -0.4 is 0 Å². The van der Waals surface area contributed by atoms with Gasteiger partial charge in [0.05, 0.1) is 49.0 Å². The predicted molar refractivity (Wildman–Crippen MR) is 143 cm³/mol. The second kappa shape index (κ2) is 9.12. The Labute approximate surface area is 244 Å². The van der Waals surface area contributed by atoms with Gasteiger partial charge in [-0.15, -0.1) is 0 Å². The molecule has 3 heterocycles. The number of esters is 3. The minimum atomic E-state index is -1.52. The molecule has 2 saturated heterocycles. The number of aliphatic hydroxyl groups is 1. The van der Waals surface area contributed by atoms with E-state index in [1.165, 1.54) is 21.0 Å². The van der Waals surface area contributed by atoms with Crippen LogP contribution in [0, 0.1) is 28.1 Å². The number of furan rings is 1. The molecule has 5 aliphatic rings. The Morgan fingerprint density at radius 3 is 2.43 bits per heavy atom. The summed E-state index contributed by atoms with van der Waals surface area (Å²) in [4.78, 5) is 51.7. The van der Waals surface area contributed by atoms with E-state index in [9.17, 15) is 24.3 Å². The number of carbonyl (C=O) groups excluding carboxylic acids is 4. The van der Waals surface area contributed by atoms with E-state index < -0.39 is 75.5 Å². The second-order valence-corrected chi connectivity index (χ2v) is 13.8. The molecule has 42 heavy (non-hydrogen) atoms. The van der Waals surface area contributed by atoms with Crippen LogP contribution in [0.15, 0.2) is 23.0 Å². The molecule has 0 aromatic carbocycles. The summed E-state index contributed by atoms with van der Waals surface area (Å²) in [5.74, 6) is -4.11. The molecule has 3 aliphatic carbocycles. The lowest BCUT2D eigenvalue weighted by Gasteiger charge is -2.60. The van der Waals surface area contributed by atoms with Crippen LogP contribution in [0.25, 0.3) is 0 Å². The van der Waals surface area contributed by atoms with Crippen molar-refractivity contribution in [2.45, 2.75) is 102 Å². The number of carbonyl (C=O) groups is 4. The van der Waals surface area contributed by atoms with E-state index in [1.54, 1.807) is 26.4 Å². The lowest BCUT2D eigenvalue weighted by molar-refractivity contribution is -0.220. The number of fused-ring (bicyclic) bond motifs is 3. The van der Waals surface area contributed by atoms with Gasteiger partial charge in [0.2, 0.25) is 6.10 Å². The van der Waals surface area contributed by atoms with Crippen LogP contribution in [0.3, 0.4) is 0 Å². The van der Waals surface area contributed by atoms with Crippen LogP contribution in [0.1, 0.15) is 72.3 Å². The van der Waals surface area contributed by atoms with Crippen molar-refractivity contribution in [3.05, 3.63) is 24.2 Å². The number of hydrogen-bond donors (Lipinski definition) is 1. The lowest BCUT2D eigenvalue weighted by atomic mass is 9.43. The monoisotopic (exact) mass is 588 g/mol.